The van der Waals surface area contributed by atoms with E-state index < -0.39 is 13.9 Å². The normalized spacial score (nSPS) is 14.0. The van der Waals surface area contributed by atoms with Crippen LogP contribution in [0.5, 0.6) is 0 Å². The Bertz CT molecular complexity index is 874. The van der Waals surface area contributed by atoms with Gasteiger partial charge in [-0.25, -0.2) is 4.57 Å². The van der Waals surface area contributed by atoms with Crippen molar-refractivity contribution in [2.75, 3.05) is 47.5 Å². The number of rotatable bonds is 39. The van der Waals surface area contributed by atoms with Crippen LogP contribution in [0.25, 0.3) is 0 Å². The van der Waals surface area contributed by atoms with Gasteiger partial charge in [0.15, 0.2) is 6.10 Å². The Kier molecular flexibility index (Phi) is 35.0. The van der Waals surface area contributed by atoms with E-state index in [2.05, 4.69) is 26.0 Å². The number of ether oxygens (including phenoxy) is 2. The number of allylic oxidation sites excluding steroid dienone is 3. The molecular formula is C42H83NO7P+. The largest absolute Gasteiger partial charge is 0.498 e. The Hall–Kier alpha value is -1.18. The molecular weight excluding hydrogens is 661 g/mol. The minimum Gasteiger partial charge on any atom is -0.498 e. The van der Waals surface area contributed by atoms with Gasteiger partial charge in [-0.15, -0.1) is 0 Å². The first-order valence-corrected chi connectivity index (χ1v) is 22.6. The molecule has 0 rings (SSSR count). The topological polar surface area (TPSA) is 91.3 Å². The SMILES string of the molecule is CCCCCC/C=C/CCCCCCCC(=O)O[C@H](CO/C=C/CCCCCCCCCCCCCCCC)COP(=O)(O)OCC[N+](C)(C)C. The average molecular weight is 745 g/mol. The number of hydrogen-bond acceptors (Lipinski definition) is 6. The molecule has 9 heteroatoms. The third-order valence-corrected chi connectivity index (χ3v) is 10.1. The number of carbonyl (C=O) groups is 1. The van der Waals surface area contributed by atoms with Crippen LogP contribution in [0, 0.1) is 0 Å². The molecule has 8 nitrogen and oxygen atoms in total. The molecule has 0 fully saturated rings. The van der Waals surface area contributed by atoms with Gasteiger partial charge in [0.05, 0.1) is 34.0 Å². The number of carbonyl (C=O) groups excluding carboxylic acids is 1. The molecule has 1 unspecified atom stereocenters. The van der Waals surface area contributed by atoms with Gasteiger partial charge >= 0.3 is 13.8 Å². The van der Waals surface area contributed by atoms with Gasteiger partial charge in [-0.1, -0.05) is 148 Å². The number of esters is 1. The lowest BCUT2D eigenvalue weighted by atomic mass is 10.0. The molecule has 0 aliphatic rings. The van der Waals surface area contributed by atoms with Crippen LogP contribution in [0.1, 0.15) is 187 Å². The van der Waals surface area contributed by atoms with Crippen LogP contribution in [-0.2, 0) is 27.9 Å². The zero-order chi connectivity index (χ0) is 37.7. The second kappa shape index (κ2) is 35.8. The molecule has 0 bridgehead atoms. The second-order valence-corrected chi connectivity index (χ2v) is 16.9. The number of phosphoric acid groups is 1. The number of likely N-dealkylation sites (N-methyl/N-ethyl adjacent to an activating group) is 1. The summed E-state index contributed by atoms with van der Waals surface area (Å²) in [5, 5.41) is 0. The predicted molar refractivity (Wildman–Crippen MR) is 215 cm³/mol. The van der Waals surface area contributed by atoms with E-state index in [0.29, 0.717) is 17.4 Å². The molecule has 0 aliphatic carbocycles. The molecule has 1 N–H and O–H groups in total. The number of phosphoric ester groups is 1. The van der Waals surface area contributed by atoms with Crippen molar-refractivity contribution in [3.8, 4) is 0 Å². The Labute approximate surface area is 315 Å². The van der Waals surface area contributed by atoms with Crippen LogP contribution < -0.4 is 0 Å². The van der Waals surface area contributed by atoms with Crippen LogP contribution in [0.4, 0.5) is 0 Å². The Morgan fingerprint density at radius 1 is 0.608 bits per heavy atom. The third-order valence-electron chi connectivity index (χ3n) is 9.08. The summed E-state index contributed by atoms with van der Waals surface area (Å²) in [6.45, 7) is 4.92. The fourth-order valence-corrected chi connectivity index (χ4v) is 6.49. The molecule has 0 aromatic rings. The summed E-state index contributed by atoms with van der Waals surface area (Å²) < 4.78 is 34.7. The molecule has 0 aromatic carbocycles. The van der Waals surface area contributed by atoms with Crippen molar-refractivity contribution in [3.05, 3.63) is 24.5 Å². The summed E-state index contributed by atoms with van der Waals surface area (Å²) in [6.07, 6.45) is 40.1. The van der Waals surface area contributed by atoms with Crippen molar-refractivity contribution in [2.24, 2.45) is 0 Å². The number of hydrogen-bond donors (Lipinski definition) is 1. The standard InChI is InChI=1S/C42H82NO7P/c1-6-8-10-12-14-16-18-20-21-22-24-26-28-30-32-34-37-47-39-41(40-49-51(45,46)48-38-36-43(3,4)5)50-42(44)35-33-31-29-27-25-23-19-17-15-13-11-9-7-2/h17,19,34,37,41H,6-16,18,20-33,35-36,38-40H2,1-5H3/p+1/b19-17+,37-34+/t41-/m1/s1. The van der Waals surface area contributed by atoms with E-state index >= 15 is 0 Å². The van der Waals surface area contributed by atoms with Crippen molar-refractivity contribution in [1.29, 1.82) is 0 Å². The Morgan fingerprint density at radius 3 is 1.53 bits per heavy atom. The Morgan fingerprint density at radius 2 is 1.04 bits per heavy atom. The lowest BCUT2D eigenvalue weighted by Gasteiger charge is -2.24. The smallest absolute Gasteiger partial charge is 0.472 e. The second-order valence-electron chi connectivity index (χ2n) is 15.4. The molecule has 0 saturated carbocycles. The quantitative estimate of drug-likeness (QED) is 0.0167. The van der Waals surface area contributed by atoms with Gasteiger partial charge in [0.2, 0.25) is 0 Å². The van der Waals surface area contributed by atoms with E-state index in [9.17, 15) is 14.3 Å². The zero-order valence-electron chi connectivity index (χ0n) is 34.1. The third kappa shape index (κ3) is 39.9. The predicted octanol–water partition coefficient (Wildman–Crippen LogP) is 12.4. The molecule has 302 valence electrons. The highest BCUT2D eigenvalue weighted by Crippen LogP contribution is 2.43. The minimum absolute atomic E-state index is 0.0476. The average Bonchev–Trinajstić information content (AvgIpc) is 3.08. The molecule has 0 aliphatic heterocycles. The maximum atomic E-state index is 12.6. The van der Waals surface area contributed by atoms with E-state index in [1.807, 2.05) is 27.2 Å². The molecule has 0 saturated heterocycles. The van der Waals surface area contributed by atoms with Gasteiger partial charge in [-0.2, -0.15) is 0 Å². The summed E-state index contributed by atoms with van der Waals surface area (Å²) in [4.78, 5) is 22.8. The lowest BCUT2D eigenvalue weighted by molar-refractivity contribution is -0.870. The highest BCUT2D eigenvalue weighted by atomic mass is 31.2. The number of nitrogens with zero attached hydrogens (tertiary/aromatic N) is 1. The molecule has 0 radical (unpaired) electrons. The van der Waals surface area contributed by atoms with Crippen molar-refractivity contribution >= 4 is 13.8 Å². The van der Waals surface area contributed by atoms with Crippen molar-refractivity contribution in [2.45, 2.75) is 193 Å². The summed E-state index contributed by atoms with van der Waals surface area (Å²) in [5.41, 5.74) is 0. The monoisotopic (exact) mass is 745 g/mol. The minimum atomic E-state index is -4.29. The van der Waals surface area contributed by atoms with E-state index in [-0.39, 0.29) is 25.8 Å². The molecule has 0 spiro atoms. The van der Waals surface area contributed by atoms with E-state index in [0.717, 1.165) is 44.9 Å². The van der Waals surface area contributed by atoms with E-state index in [4.69, 9.17) is 18.5 Å². The fraction of sp³-hybridized carbons (Fsp3) is 0.881. The summed E-state index contributed by atoms with van der Waals surface area (Å²) in [6, 6.07) is 0. The maximum Gasteiger partial charge on any atom is 0.472 e. The molecule has 0 heterocycles. The number of unbranched alkanes of at least 4 members (excludes halogenated alkanes) is 23. The first kappa shape index (κ1) is 49.8. The van der Waals surface area contributed by atoms with Crippen molar-refractivity contribution < 1.29 is 37.3 Å². The zero-order valence-corrected chi connectivity index (χ0v) is 35.0. The summed E-state index contributed by atoms with van der Waals surface area (Å²) in [7, 11) is 1.63. The summed E-state index contributed by atoms with van der Waals surface area (Å²) in [5.74, 6) is -0.344. The maximum absolute atomic E-state index is 12.6. The first-order valence-electron chi connectivity index (χ1n) is 21.1. The Balaban J connectivity index is 4.30. The van der Waals surface area contributed by atoms with Crippen LogP contribution >= 0.6 is 7.82 Å². The highest BCUT2D eigenvalue weighted by molar-refractivity contribution is 7.47. The van der Waals surface area contributed by atoms with Crippen molar-refractivity contribution in [3.63, 3.8) is 0 Å². The van der Waals surface area contributed by atoms with Crippen LogP contribution in [0.3, 0.4) is 0 Å². The van der Waals surface area contributed by atoms with Gasteiger partial charge in [-0.3, -0.25) is 13.8 Å². The van der Waals surface area contributed by atoms with Crippen LogP contribution in [-0.4, -0.2) is 69.0 Å². The highest BCUT2D eigenvalue weighted by Gasteiger charge is 2.26. The van der Waals surface area contributed by atoms with Gasteiger partial charge in [-0.05, 0) is 51.0 Å². The fourth-order valence-electron chi connectivity index (χ4n) is 5.75. The molecule has 2 atom stereocenters. The van der Waals surface area contributed by atoms with Crippen molar-refractivity contribution in [1.82, 2.24) is 0 Å². The molecule has 0 aromatic heterocycles. The number of quaternary nitrogens is 1. The molecule has 51 heavy (non-hydrogen) atoms. The van der Waals surface area contributed by atoms with Gasteiger partial charge in [0.25, 0.3) is 0 Å². The molecule has 0 amide bonds. The lowest BCUT2D eigenvalue weighted by Crippen LogP contribution is -2.37. The summed E-state index contributed by atoms with van der Waals surface area (Å²) >= 11 is 0. The van der Waals surface area contributed by atoms with Gasteiger partial charge in [0, 0.05) is 6.42 Å². The first-order chi connectivity index (χ1) is 24.6. The van der Waals surface area contributed by atoms with E-state index in [1.165, 1.54) is 122 Å². The van der Waals surface area contributed by atoms with Crippen LogP contribution in [0.15, 0.2) is 24.5 Å². The van der Waals surface area contributed by atoms with Gasteiger partial charge < -0.3 is 18.9 Å². The van der Waals surface area contributed by atoms with E-state index in [1.54, 1.807) is 6.26 Å². The van der Waals surface area contributed by atoms with Gasteiger partial charge in [0.1, 0.15) is 19.8 Å². The van der Waals surface area contributed by atoms with Crippen LogP contribution in [0.2, 0.25) is 0 Å².